The molecule has 2 aromatic rings. The molecule has 0 aliphatic heterocycles. The quantitative estimate of drug-likeness (QED) is 0.561. The van der Waals surface area contributed by atoms with Gasteiger partial charge in [-0.2, -0.15) is 0 Å². The van der Waals surface area contributed by atoms with Crippen LogP contribution in [0.25, 0.3) is 11.1 Å². The van der Waals surface area contributed by atoms with Gasteiger partial charge in [-0.3, -0.25) is 9.59 Å². The van der Waals surface area contributed by atoms with Gasteiger partial charge in [-0.05, 0) is 54.9 Å². The summed E-state index contributed by atoms with van der Waals surface area (Å²) in [6.07, 6.45) is 2.80. The van der Waals surface area contributed by atoms with Crippen molar-refractivity contribution in [1.29, 1.82) is 0 Å². The van der Waals surface area contributed by atoms with Gasteiger partial charge in [0.25, 0.3) is 0 Å². The second kappa shape index (κ2) is 9.87. The van der Waals surface area contributed by atoms with Crippen LogP contribution in [0.5, 0.6) is 0 Å². The van der Waals surface area contributed by atoms with Gasteiger partial charge in [0.15, 0.2) is 0 Å². The minimum Gasteiger partial charge on any atom is -0.481 e. The number of fused-ring (bicyclic) bond motifs is 3. The van der Waals surface area contributed by atoms with E-state index in [1.807, 2.05) is 24.3 Å². The first-order valence-corrected chi connectivity index (χ1v) is 11.9. The summed E-state index contributed by atoms with van der Waals surface area (Å²) in [5.74, 6) is -1.36. The Morgan fingerprint density at radius 2 is 1.56 bits per heavy atom. The van der Waals surface area contributed by atoms with Crippen molar-refractivity contribution in [3.8, 4) is 11.1 Å². The molecule has 3 N–H and O–H groups in total. The molecule has 2 atom stereocenters. The van der Waals surface area contributed by atoms with Crippen LogP contribution in [-0.4, -0.2) is 41.3 Å². The summed E-state index contributed by atoms with van der Waals surface area (Å²) >= 11 is 0. The molecule has 0 radical (unpaired) electrons. The second-order valence-corrected chi connectivity index (χ2v) is 9.80. The summed E-state index contributed by atoms with van der Waals surface area (Å²) < 4.78 is 5.58. The number of carbonyl (C=O) groups is 3. The Balaban J connectivity index is 1.36. The van der Waals surface area contributed by atoms with Crippen LogP contribution in [0.2, 0.25) is 0 Å². The zero-order valence-corrected chi connectivity index (χ0v) is 19.7. The summed E-state index contributed by atoms with van der Waals surface area (Å²) in [5.41, 5.74) is 3.34. The molecule has 2 aliphatic rings. The maximum Gasteiger partial charge on any atom is 0.408 e. The lowest BCUT2D eigenvalue weighted by Crippen LogP contribution is -2.58. The third kappa shape index (κ3) is 5.08. The van der Waals surface area contributed by atoms with E-state index in [2.05, 4.69) is 34.9 Å². The minimum absolute atomic E-state index is 0.0329. The van der Waals surface area contributed by atoms with Crippen LogP contribution in [0, 0.1) is 5.92 Å². The Hall–Kier alpha value is -3.35. The van der Waals surface area contributed by atoms with Crippen LogP contribution in [0.15, 0.2) is 48.5 Å². The monoisotopic (exact) mass is 464 g/mol. The van der Waals surface area contributed by atoms with Crippen molar-refractivity contribution < 1.29 is 24.2 Å². The van der Waals surface area contributed by atoms with Crippen LogP contribution in [-0.2, 0) is 14.3 Å². The van der Waals surface area contributed by atoms with Gasteiger partial charge in [0.05, 0.1) is 6.42 Å². The summed E-state index contributed by atoms with van der Waals surface area (Å²) in [4.78, 5) is 36.8. The molecule has 7 nitrogen and oxygen atoms in total. The number of hydrogen-bond donors (Lipinski definition) is 3. The smallest absolute Gasteiger partial charge is 0.408 e. The molecule has 0 heterocycles. The molecule has 2 aliphatic carbocycles. The van der Waals surface area contributed by atoms with Gasteiger partial charge in [-0.25, -0.2) is 4.79 Å². The molecular formula is C27H32N2O5. The van der Waals surface area contributed by atoms with Crippen molar-refractivity contribution in [2.75, 3.05) is 6.61 Å². The van der Waals surface area contributed by atoms with E-state index in [1.165, 1.54) is 0 Å². The number of amides is 2. The molecular weight excluding hydrogens is 432 g/mol. The van der Waals surface area contributed by atoms with E-state index in [9.17, 15) is 19.5 Å². The molecule has 0 saturated heterocycles. The molecule has 0 spiro atoms. The number of carboxylic acid groups (broad SMARTS) is 1. The van der Waals surface area contributed by atoms with Crippen molar-refractivity contribution in [1.82, 2.24) is 10.6 Å². The number of aliphatic carboxylic acids is 1. The number of hydrogen-bond acceptors (Lipinski definition) is 4. The highest BCUT2D eigenvalue weighted by Gasteiger charge is 2.36. The van der Waals surface area contributed by atoms with Gasteiger partial charge in [0.2, 0.25) is 5.91 Å². The van der Waals surface area contributed by atoms with Crippen LogP contribution in [0.1, 0.15) is 63.0 Å². The Morgan fingerprint density at radius 3 is 2.18 bits per heavy atom. The fourth-order valence-corrected chi connectivity index (χ4v) is 5.16. The lowest BCUT2D eigenvalue weighted by Gasteiger charge is -2.34. The van der Waals surface area contributed by atoms with E-state index in [1.54, 1.807) is 13.8 Å². The number of ether oxygens (including phenoxy) is 1. The average molecular weight is 465 g/mol. The lowest BCUT2D eigenvalue weighted by atomic mass is 9.82. The second-order valence-electron chi connectivity index (χ2n) is 9.80. The fourth-order valence-electron chi connectivity index (χ4n) is 5.16. The van der Waals surface area contributed by atoms with Gasteiger partial charge in [0, 0.05) is 12.0 Å². The molecule has 1 fully saturated rings. The number of rotatable bonds is 7. The Bertz CT molecular complexity index is 1030. The van der Waals surface area contributed by atoms with Crippen molar-refractivity contribution >= 4 is 18.0 Å². The van der Waals surface area contributed by atoms with Gasteiger partial charge >= 0.3 is 12.1 Å². The third-order valence-electron chi connectivity index (χ3n) is 6.99. The van der Waals surface area contributed by atoms with Crippen molar-refractivity contribution in [2.24, 2.45) is 5.92 Å². The van der Waals surface area contributed by atoms with E-state index in [0.29, 0.717) is 0 Å². The van der Waals surface area contributed by atoms with Crippen LogP contribution in [0.4, 0.5) is 4.79 Å². The topological polar surface area (TPSA) is 105 Å². The predicted octanol–water partition coefficient (Wildman–Crippen LogP) is 4.45. The summed E-state index contributed by atoms with van der Waals surface area (Å²) in [5, 5.41) is 14.8. The van der Waals surface area contributed by atoms with Crippen LogP contribution >= 0.6 is 0 Å². The molecule has 4 rings (SSSR count). The first-order chi connectivity index (χ1) is 16.3. The predicted molar refractivity (Wildman–Crippen MR) is 128 cm³/mol. The zero-order chi connectivity index (χ0) is 24.3. The van der Waals surface area contributed by atoms with Crippen LogP contribution in [0.3, 0.4) is 0 Å². The highest BCUT2D eigenvalue weighted by Crippen LogP contribution is 2.44. The standard InChI is InChI=1S/C27H32N2O5/c1-27(2,25(32)28-23-14-8-3-9-17(23)15-24(30)31)29-26(33)34-16-22-20-12-6-4-10-18(20)19-11-5-7-13-21(19)22/h4-7,10-13,17,22-23H,3,8-9,14-16H2,1-2H3,(H,28,32)(H,29,33)(H,30,31)/t17-,23-/m0/s1. The van der Waals surface area contributed by atoms with Gasteiger partial charge < -0.3 is 20.5 Å². The molecule has 2 amide bonds. The maximum absolute atomic E-state index is 13.0. The summed E-state index contributed by atoms with van der Waals surface area (Å²) in [6, 6.07) is 16.0. The average Bonchev–Trinajstić information content (AvgIpc) is 3.12. The van der Waals surface area contributed by atoms with Crippen molar-refractivity contribution in [3.05, 3.63) is 59.7 Å². The van der Waals surface area contributed by atoms with Gasteiger partial charge in [0.1, 0.15) is 12.1 Å². The Kier molecular flexibility index (Phi) is 6.91. The molecule has 7 heteroatoms. The number of carbonyl (C=O) groups excluding carboxylic acids is 2. The first-order valence-electron chi connectivity index (χ1n) is 11.9. The van der Waals surface area contributed by atoms with E-state index in [-0.39, 0.29) is 36.8 Å². The molecule has 0 aromatic heterocycles. The molecule has 180 valence electrons. The van der Waals surface area contributed by atoms with E-state index in [4.69, 9.17) is 4.74 Å². The highest BCUT2D eigenvalue weighted by atomic mass is 16.5. The van der Waals surface area contributed by atoms with Gasteiger partial charge in [-0.1, -0.05) is 61.4 Å². The summed E-state index contributed by atoms with van der Waals surface area (Å²) in [7, 11) is 0. The first kappa shape index (κ1) is 23.8. The maximum atomic E-state index is 13.0. The highest BCUT2D eigenvalue weighted by molar-refractivity contribution is 5.89. The Morgan fingerprint density at radius 1 is 0.971 bits per heavy atom. The summed E-state index contributed by atoms with van der Waals surface area (Å²) in [6.45, 7) is 3.42. The fraction of sp³-hybridized carbons (Fsp3) is 0.444. The molecule has 1 saturated carbocycles. The third-order valence-corrected chi connectivity index (χ3v) is 6.99. The number of carboxylic acids is 1. The lowest BCUT2D eigenvalue weighted by molar-refractivity contribution is -0.139. The van der Waals surface area contributed by atoms with Crippen LogP contribution < -0.4 is 10.6 Å². The molecule has 2 aromatic carbocycles. The van der Waals surface area contributed by atoms with E-state index < -0.39 is 17.6 Å². The van der Waals surface area contributed by atoms with E-state index in [0.717, 1.165) is 47.9 Å². The molecule has 0 unspecified atom stereocenters. The number of benzene rings is 2. The van der Waals surface area contributed by atoms with Crippen molar-refractivity contribution in [3.63, 3.8) is 0 Å². The number of alkyl carbamates (subject to hydrolysis) is 1. The Labute approximate surface area is 199 Å². The number of nitrogens with one attached hydrogen (secondary N) is 2. The SMILES string of the molecule is CC(C)(NC(=O)OCC1c2ccccc2-c2ccccc21)C(=O)N[C@H]1CCCC[C@H]1CC(=O)O. The normalized spacial score (nSPS) is 19.6. The zero-order valence-electron chi connectivity index (χ0n) is 19.7. The molecule has 0 bridgehead atoms. The van der Waals surface area contributed by atoms with Crippen molar-refractivity contribution in [2.45, 2.75) is 63.5 Å². The largest absolute Gasteiger partial charge is 0.481 e. The van der Waals surface area contributed by atoms with E-state index >= 15 is 0 Å². The molecule has 34 heavy (non-hydrogen) atoms. The van der Waals surface area contributed by atoms with Gasteiger partial charge in [-0.15, -0.1) is 0 Å². The minimum atomic E-state index is -1.20.